The molecule has 1 aromatic heterocycles. The van der Waals surface area contributed by atoms with Gasteiger partial charge in [0.1, 0.15) is 0 Å². The highest BCUT2D eigenvalue weighted by atomic mass is 35.5. The van der Waals surface area contributed by atoms with Crippen LogP contribution in [0.2, 0.25) is 5.02 Å². The molecule has 0 saturated carbocycles. The number of hydrogen-bond acceptors (Lipinski definition) is 3. The molecule has 0 radical (unpaired) electrons. The molecule has 4 nitrogen and oxygen atoms in total. The number of nitrogens with one attached hydrogen (secondary N) is 1. The Hall–Kier alpha value is -1.88. The number of halogens is 1. The molecule has 20 heavy (non-hydrogen) atoms. The standard InChI is InChI=1S/C15H15ClN4/c1-20-15(13(16)9-18-20)14(19-17)12-7-6-10-4-2-3-5-11(10)8-12/h2-9,14,19H,17H2,1H3. The van der Waals surface area contributed by atoms with Gasteiger partial charge in [-0.25, -0.2) is 5.43 Å². The van der Waals surface area contributed by atoms with E-state index in [0.29, 0.717) is 5.02 Å². The van der Waals surface area contributed by atoms with Crippen LogP contribution in [0.25, 0.3) is 10.8 Å². The number of nitrogens with two attached hydrogens (primary N) is 1. The van der Waals surface area contributed by atoms with E-state index in [1.807, 2.05) is 19.2 Å². The van der Waals surface area contributed by atoms with Crippen LogP contribution in [0.5, 0.6) is 0 Å². The summed E-state index contributed by atoms with van der Waals surface area (Å²) in [6.07, 6.45) is 1.63. The van der Waals surface area contributed by atoms with Crippen molar-refractivity contribution in [3.63, 3.8) is 0 Å². The molecule has 0 spiro atoms. The highest BCUT2D eigenvalue weighted by Gasteiger charge is 2.19. The van der Waals surface area contributed by atoms with Crippen LogP contribution in [0.4, 0.5) is 0 Å². The normalized spacial score (nSPS) is 12.8. The van der Waals surface area contributed by atoms with Crippen molar-refractivity contribution in [1.29, 1.82) is 0 Å². The van der Waals surface area contributed by atoms with Gasteiger partial charge in [0.25, 0.3) is 0 Å². The minimum Gasteiger partial charge on any atom is -0.271 e. The molecule has 2 aromatic carbocycles. The second kappa shape index (κ2) is 5.25. The van der Waals surface area contributed by atoms with Gasteiger partial charge in [-0.1, -0.05) is 48.0 Å². The number of benzene rings is 2. The maximum Gasteiger partial charge on any atom is 0.0893 e. The molecule has 0 aliphatic rings. The summed E-state index contributed by atoms with van der Waals surface area (Å²) < 4.78 is 1.74. The van der Waals surface area contributed by atoms with Crippen LogP contribution in [0.15, 0.2) is 48.7 Å². The fourth-order valence-corrected chi connectivity index (χ4v) is 2.74. The van der Waals surface area contributed by atoms with E-state index in [4.69, 9.17) is 17.4 Å². The smallest absolute Gasteiger partial charge is 0.0893 e. The quantitative estimate of drug-likeness (QED) is 0.575. The molecule has 0 aliphatic carbocycles. The zero-order valence-electron chi connectivity index (χ0n) is 11.0. The maximum absolute atomic E-state index is 6.21. The average molecular weight is 287 g/mol. The van der Waals surface area contributed by atoms with Gasteiger partial charge in [0.2, 0.25) is 0 Å². The van der Waals surface area contributed by atoms with E-state index < -0.39 is 0 Å². The summed E-state index contributed by atoms with van der Waals surface area (Å²) in [7, 11) is 1.85. The van der Waals surface area contributed by atoms with Crippen molar-refractivity contribution in [2.24, 2.45) is 12.9 Å². The SMILES string of the molecule is Cn1ncc(Cl)c1C(NN)c1ccc2ccccc2c1. The van der Waals surface area contributed by atoms with E-state index >= 15 is 0 Å². The highest BCUT2D eigenvalue weighted by Crippen LogP contribution is 2.29. The third kappa shape index (κ3) is 2.18. The molecule has 3 N–H and O–H groups in total. The van der Waals surface area contributed by atoms with E-state index in [-0.39, 0.29) is 6.04 Å². The fourth-order valence-electron chi connectivity index (χ4n) is 2.47. The van der Waals surface area contributed by atoms with Gasteiger partial charge in [-0.3, -0.25) is 10.5 Å². The van der Waals surface area contributed by atoms with Gasteiger partial charge in [0.05, 0.1) is 23.0 Å². The zero-order chi connectivity index (χ0) is 14.1. The number of rotatable bonds is 3. The predicted octanol–water partition coefficient (Wildman–Crippen LogP) is 2.78. The van der Waals surface area contributed by atoms with E-state index in [0.717, 1.165) is 11.3 Å². The Morgan fingerprint density at radius 3 is 2.60 bits per heavy atom. The van der Waals surface area contributed by atoms with E-state index in [9.17, 15) is 0 Å². The van der Waals surface area contributed by atoms with E-state index in [1.165, 1.54) is 10.8 Å². The summed E-state index contributed by atoms with van der Waals surface area (Å²) in [6, 6.07) is 14.3. The predicted molar refractivity (Wildman–Crippen MR) is 81.3 cm³/mol. The second-order valence-electron chi connectivity index (χ2n) is 4.71. The van der Waals surface area contributed by atoms with Gasteiger partial charge in [-0.05, 0) is 22.4 Å². The third-order valence-corrected chi connectivity index (χ3v) is 3.78. The molecule has 1 unspecified atom stereocenters. The molecule has 102 valence electrons. The number of hydrogen-bond donors (Lipinski definition) is 2. The lowest BCUT2D eigenvalue weighted by Crippen LogP contribution is -2.30. The number of aryl methyl sites for hydroxylation is 1. The third-order valence-electron chi connectivity index (χ3n) is 3.48. The molecule has 1 heterocycles. The van der Waals surface area contributed by atoms with Gasteiger partial charge >= 0.3 is 0 Å². The summed E-state index contributed by atoms with van der Waals surface area (Å²) >= 11 is 6.21. The minimum atomic E-state index is -0.195. The summed E-state index contributed by atoms with van der Waals surface area (Å²) in [5.74, 6) is 5.73. The summed E-state index contributed by atoms with van der Waals surface area (Å²) in [5, 5.41) is 7.13. The second-order valence-corrected chi connectivity index (χ2v) is 5.11. The van der Waals surface area contributed by atoms with Crippen molar-refractivity contribution in [2.75, 3.05) is 0 Å². The molecule has 0 saturated heterocycles. The largest absolute Gasteiger partial charge is 0.271 e. The number of aromatic nitrogens is 2. The molecular weight excluding hydrogens is 272 g/mol. The van der Waals surface area contributed by atoms with Gasteiger partial charge in [-0.2, -0.15) is 5.10 Å². The van der Waals surface area contributed by atoms with Gasteiger partial charge < -0.3 is 0 Å². The van der Waals surface area contributed by atoms with Crippen LogP contribution in [-0.2, 0) is 7.05 Å². The zero-order valence-corrected chi connectivity index (χ0v) is 11.8. The minimum absolute atomic E-state index is 0.195. The molecule has 1 atom stereocenters. The fraction of sp³-hybridized carbons (Fsp3) is 0.133. The topological polar surface area (TPSA) is 55.9 Å². The van der Waals surface area contributed by atoms with E-state index in [2.05, 4.69) is 40.9 Å². The van der Waals surface area contributed by atoms with Crippen molar-refractivity contribution < 1.29 is 0 Å². The molecule has 0 amide bonds. The Balaban J connectivity index is 2.12. The Morgan fingerprint density at radius 1 is 1.20 bits per heavy atom. The van der Waals surface area contributed by atoms with Crippen LogP contribution in [0, 0.1) is 0 Å². The lowest BCUT2D eigenvalue weighted by molar-refractivity contribution is 0.575. The van der Waals surface area contributed by atoms with Crippen LogP contribution < -0.4 is 11.3 Å². The van der Waals surface area contributed by atoms with Crippen molar-refractivity contribution in [3.8, 4) is 0 Å². The van der Waals surface area contributed by atoms with Gasteiger partial charge in [0.15, 0.2) is 0 Å². The Bertz CT molecular complexity index is 731. The Kier molecular flexibility index (Phi) is 3.44. The van der Waals surface area contributed by atoms with Gasteiger partial charge in [-0.15, -0.1) is 0 Å². The first-order valence-electron chi connectivity index (χ1n) is 6.33. The van der Waals surface area contributed by atoms with Crippen molar-refractivity contribution in [3.05, 3.63) is 64.9 Å². The summed E-state index contributed by atoms with van der Waals surface area (Å²) in [5.41, 5.74) is 4.73. The first-order chi connectivity index (χ1) is 9.70. The summed E-state index contributed by atoms with van der Waals surface area (Å²) in [4.78, 5) is 0. The first-order valence-corrected chi connectivity index (χ1v) is 6.70. The first kappa shape index (κ1) is 13.1. The van der Waals surface area contributed by atoms with Crippen molar-refractivity contribution in [2.45, 2.75) is 6.04 Å². The number of fused-ring (bicyclic) bond motifs is 1. The number of hydrazine groups is 1. The van der Waals surface area contributed by atoms with Crippen molar-refractivity contribution >= 4 is 22.4 Å². The average Bonchev–Trinajstić information content (AvgIpc) is 2.80. The monoisotopic (exact) mass is 286 g/mol. The molecule has 0 aliphatic heterocycles. The lowest BCUT2D eigenvalue weighted by Gasteiger charge is -2.18. The van der Waals surface area contributed by atoms with Crippen LogP contribution in [0.3, 0.4) is 0 Å². The lowest BCUT2D eigenvalue weighted by atomic mass is 10.00. The highest BCUT2D eigenvalue weighted by molar-refractivity contribution is 6.31. The molecule has 3 aromatic rings. The Labute approximate surface area is 122 Å². The molecule has 0 bridgehead atoms. The summed E-state index contributed by atoms with van der Waals surface area (Å²) in [6.45, 7) is 0. The van der Waals surface area contributed by atoms with Crippen LogP contribution >= 0.6 is 11.6 Å². The molecule has 3 rings (SSSR count). The maximum atomic E-state index is 6.21. The van der Waals surface area contributed by atoms with Crippen molar-refractivity contribution in [1.82, 2.24) is 15.2 Å². The van der Waals surface area contributed by atoms with E-state index in [1.54, 1.807) is 10.9 Å². The number of nitrogens with zero attached hydrogens (tertiary/aromatic N) is 2. The van der Waals surface area contributed by atoms with Gasteiger partial charge in [0, 0.05) is 7.05 Å². The van der Waals surface area contributed by atoms with Crippen LogP contribution in [0.1, 0.15) is 17.3 Å². The molecule has 0 fully saturated rings. The molecule has 5 heteroatoms. The van der Waals surface area contributed by atoms with Crippen LogP contribution in [-0.4, -0.2) is 9.78 Å². The Morgan fingerprint density at radius 2 is 1.95 bits per heavy atom. The molecular formula is C15H15ClN4.